The third-order valence-corrected chi connectivity index (χ3v) is 4.04. The first-order valence-electron chi connectivity index (χ1n) is 8.10. The van der Waals surface area contributed by atoms with Crippen molar-refractivity contribution in [2.24, 2.45) is 0 Å². The van der Waals surface area contributed by atoms with E-state index in [0.29, 0.717) is 12.3 Å². The van der Waals surface area contributed by atoms with Crippen LogP contribution in [0, 0.1) is 0 Å². The zero-order chi connectivity index (χ0) is 18.5. The number of nitrogens with one attached hydrogen (secondary N) is 2. The first-order chi connectivity index (χ1) is 12.6. The summed E-state index contributed by atoms with van der Waals surface area (Å²) in [6.45, 7) is 0.370. The third kappa shape index (κ3) is 4.02. The second-order valence-electron chi connectivity index (χ2n) is 5.83. The summed E-state index contributed by atoms with van der Waals surface area (Å²) in [6, 6.07) is 9.24. The summed E-state index contributed by atoms with van der Waals surface area (Å²) in [4.78, 5) is 37.4. The molecule has 1 fully saturated rings. The maximum absolute atomic E-state index is 12.3. The monoisotopic (exact) mass is 357 g/mol. The Bertz CT molecular complexity index is 786. The maximum Gasteiger partial charge on any atom is 0.325 e. The highest BCUT2D eigenvalue weighted by Gasteiger charge is 2.39. The molecule has 0 spiro atoms. The Balaban J connectivity index is 1.50. The number of rotatable bonds is 7. The van der Waals surface area contributed by atoms with Crippen molar-refractivity contribution < 1.29 is 23.5 Å². The molecule has 1 aliphatic rings. The lowest BCUT2D eigenvalue weighted by Crippen LogP contribution is -2.36. The summed E-state index contributed by atoms with van der Waals surface area (Å²) in [5.74, 6) is 0.472. The number of ether oxygens (including phenoxy) is 1. The van der Waals surface area contributed by atoms with Gasteiger partial charge in [-0.2, -0.15) is 0 Å². The number of carbonyl (C=O) groups excluding carboxylic acids is 3. The third-order valence-electron chi connectivity index (χ3n) is 4.04. The van der Waals surface area contributed by atoms with Gasteiger partial charge in [0.1, 0.15) is 17.6 Å². The van der Waals surface area contributed by atoms with Crippen molar-refractivity contribution in [2.75, 3.05) is 7.11 Å². The molecule has 2 heterocycles. The van der Waals surface area contributed by atoms with Gasteiger partial charge in [0.25, 0.3) is 5.91 Å². The number of furan rings is 1. The number of methoxy groups -OCH3 is 1. The van der Waals surface area contributed by atoms with Gasteiger partial charge in [0.05, 0.1) is 26.3 Å². The lowest BCUT2D eigenvalue weighted by atomic mass is 10.1. The second kappa shape index (κ2) is 7.73. The molecule has 1 aromatic carbocycles. The molecule has 0 radical (unpaired) electrons. The average molecular weight is 357 g/mol. The molecular weight excluding hydrogens is 338 g/mol. The number of hydrogen-bond donors (Lipinski definition) is 2. The molecule has 26 heavy (non-hydrogen) atoms. The average Bonchev–Trinajstić information content (AvgIpc) is 3.25. The van der Waals surface area contributed by atoms with E-state index in [4.69, 9.17) is 9.15 Å². The molecule has 0 unspecified atom stereocenters. The van der Waals surface area contributed by atoms with Gasteiger partial charge in [-0.05, 0) is 29.8 Å². The van der Waals surface area contributed by atoms with E-state index in [0.717, 1.165) is 16.2 Å². The van der Waals surface area contributed by atoms with Crippen LogP contribution in [0.2, 0.25) is 0 Å². The van der Waals surface area contributed by atoms with Gasteiger partial charge < -0.3 is 19.8 Å². The Morgan fingerprint density at radius 2 is 2.04 bits per heavy atom. The first kappa shape index (κ1) is 17.5. The second-order valence-corrected chi connectivity index (χ2v) is 5.83. The molecule has 1 aromatic heterocycles. The Morgan fingerprint density at radius 1 is 1.27 bits per heavy atom. The maximum atomic E-state index is 12.3. The molecule has 2 aromatic rings. The van der Waals surface area contributed by atoms with E-state index in [1.54, 1.807) is 31.4 Å². The highest BCUT2D eigenvalue weighted by atomic mass is 16.5. The minimum atomic E-state index is -0.867. The van der Waals surface area contributed by atoms with Crippen molar-refractivity contribution in [2.45, 2.75) is 25.6 Å². The standard InChI is InChI=1S/C18H19N3O5/c1-25-13-6-4-12(5-7-13)10-19-16(22)9-15-17(23)21(18(24)20-15)11-14-3-2-8-26-14/h2-8,15H,9-11H2,1H3,(H,19,22)(H,20,24)/t15-/m1/s1. The Hall–Kier alpha value is -3.29. The molecule has 8 heteroatoms. The predicted molar refractivity (Wildman–Crippen MR) is 91.0 cm³/mol. The summed E-state index contributed by atoms with van der Waals surface area (Å²) >= 11 is 0. The van der Waals surface area contributed by atoms with Crippen LogP contribution in [0.3, 0.4) is 0 Å². The topological polar surface area (TPSA) is 101 Å². The number of urea groups is 1. The van der Waals surface area contributed by atoms with E-state index in [1.165, 1.54) is 6.26 Å². The van der Waals surface area contributed by atoms with Crippen LogP contribution in [0.4, 0.5) is 4.79 Å². The number of imide groups is 1. The van der Waals surface area contributed by atoms with Crippen LogP contribution in [-0.4, -0.2) is 35.9 Å². The lowest BCUT2D eigenvalue weighted by Gasteiger charge is -2.11. The fourth-order valence-corrected chi connectivity index (χ4v) is 2.62. The van der Waals surface area contributed by atoms with Gasteiger partial charge >= 0.3 is 6.03 Å². The molecule has 0 aliphatic carbocycles. The van der Waals surface area contributed by atoms with Crippen molar-refractivity contribution >= 4 is 17.8 Å². The van der Waals surface area contributed by atoms with E-state index < -0.39 is 18.0 Å². The van der Waals surface area contributed by atoms with Gasteiger partial charge in [-0.15, -0.1) is 0 Å². The highest BCUT2D eigenvalue weighted by Crippen LogP contribution is 2.15. The molecule has 8 nitrogen and oxygen atoms in total. The quantitative estimate of drug-likeness (QED) is 0.730. The summed E-state index contributed by atoms with van der Waals surface area (Å²) in [5, 5.41) is 5.27. The van der Waals surface area contributed by atoms with E-state index in [2.05, 4.69) is 10.6 Å². The van der Waals surface area contributed by atoms with Crippen LogP contribution in [0.25, 0.3) is 0 Å². The molecule has 2 N–H and O–H groups in total. The van der Waals surface area contributed by atoms with Gasteiger partial charge in [0.2, 0.25) is 5.91 Å². The molecule has 3 rings (SSSR count). The van der Waals surface area contributed by atoms with Crippen LogP contribution in [0.1, 0.15) is 17.7 Å². The predicted octanol–water partition coefficient (Wildman–Crippen LogP) is 1.42. The summed E-state index contributed by atoms with van der Waals surface area (Å²) in [6.07, 6.45) is 1.35. The smallest absolute Gasteiger partial charge is 0.325 e. The minimum absolute atomic E-state index is 0.0433. The molecule has 1 aliphatic heterocycles. The van der Waals surface area contributed by atoms with E-state index in [-0.39, 0.29) is 18.9 Å². The van der Waals surface area contributed by atoms with Gasteiger partial charge in [0.15, 0.2) is 0 Å². The number of hydrogen-bond acceptors (Lipinski definition) is 5. The normalized spacial score (nSPS) is 16.5. The molecule has 1 saturated heterocycles. The first-order valence-corrected chi connectivity index (χ1v) is 8.10. The van der Waals surface area contributed by atoms with Gasteiger partial charge in [-0.3, -0.25) is 14.5 Å². The Labute approximate surface area is 150 Å². The lowest BCUT2D eigenvalue weighted by molar-refractivity contribution is -0.131. The van der Waals surface area contributed by atoms with Crippen molar-refractivity contribution in [3.8, 4) is 5.75 Å². The van der Waals surface area contributed by atoms with Crippen molar-refractivity contribution in [3.63, 3.8) is 0 Å². The highest BCUT2D eigenvalue weighted by molar-refractivity contribution is 6.05. The largest absolute Gasteiger partial charge is 0.497 e. The molecule has 0 bridgehead atoms. The molecule has 1 atom stereocenters. The van der Waals surface area contributed by atoms with E-state index in [1.807, 2.05) is 12.1 Å². The van der Waals surface area contributed by atoms with Crippen molar-refractivity contribution in [1.29, 1.82) is 0 Å². The fourth-order valence-electron chi connectivity index (χ4n) is 2.62. The molecule has 0 saturated carbocycles. The van der Waals surface area contributed by atoms with Crippen LogP contribution in [-0.2, 0) is 22.7 Å². The summed E-state index contributed by atoms with van der Waals surface area (Å²) in [5.41, 5.74) is 0.903. The molecule has 136 valence electrons. The summed E-state index contributed by atoms with van der Waals surface area (Å²) < 4.78 is 10.2. The van der Waals surface area contributed by atoms with E-state index >= 15 is 0 Å². The van der Waals surface area contributed by atoms with Crippen LogP contribution >= 0.6 is 0 Å². The number of benzene rings is 1. The zero-order valence-electron chi connectivity index (χ0n) is 14.2. The number of carbonyl (C=O) groups is 3. The van der Waals surface area contributed by atoms with Gasteiger partial charge in [-0.25, -0.2) is 4.79 Å². The van der Waals surface area contributed by atoms with Gasteiger partial charge in [-0.1, -0.05) is 12.1 Å². The Morgan fingerprint density at radius 3 is 2.69 bits per heavy atom. The van der Waals surface area contributed by atoms with Crippen LogP contribution in [0.15, 0.2) is 47.1 Å². The van der Waals surface area contributed by atoms with Gasteiger partial charge in [0, 0.05) is 6.54 Å². The molecule has 4 amide bonds. The Kier molecular flexibility index (Phi) is 5.21. The molecular formula is C18H19N3O5. The van der Waals surface area contributed by atoms with Crippen LogP contribution in [0.5, 0.6) is 5.75 Å². The summed E-state index contributed by atoms with van der Waals surface area (Å²) in [7, 11) is 1.58. The van der Waals surface area contributed by atoms with Crippen LogP contribution < -0.4 is 15.4 Å². The van der Waals surface area contributed by atoms with E-state index in [9.17, 15) is 14.4 Å². The number of amides is 4. The minimum Gasteiger partial charge on any atom is -0.497 e. The SMILES string of the molecule is COc1ccc(CNC(=O)C[C@H]2NC(=O)N(Cc3ccco3)C2=O)cc1. The van der Waals surface area contributed by atoms with Crippen molar-refractivity contribution in [3.05, 3.63) is 54.0 Å². The fraction of sp³-hybridized carbons (Fsp3) is 0.278. The number of nitrogens with zero attached hydrogens (tertiary/aromatic N) is 1. The zero-order valence-corrected chi connectivity index (χ0v) is 14.2. The van der Waals surface area contributed by atoms with Crippen molar-refractivity contribution in [1.82, 2.24) is 15.5 Å².